The number of ether oxygens (including phenoxy) is 1. The molecule has 4 unspecified atom stereocenters. The molecule has 0 saturated heterocycles. The van der Waals surface area contributed by atoms with E-state index in [0.29, 0.717) is 24.3 Å². The maximum absolute atomic E-state index is 12.9. The Morgan fingerprint density at radius 2 is 1.92 bits per heavy atom. The zero-order chi connectivity index (χ0) is 18.3. The van der Waals surface area contributed by atoms with Crippen LogP contribution in [0.15, 0.2) is 11.6 Å². The molecule has 4 nitrogen and oxygen atoms in total. The summed E-state index contributed by atoms with van der Waals surface area (Å²) in [5, 5.41) is 11.5. The molecule has 0 spiro atoms. The Morgan fingerprint density at radius 1 is 1.29 bits per heavy atom. The van der Waals surface area contributed by atoms with Gasteiger partial charge in [0.1, 0.15) is 0 Å². The highest BCUT2D eigenvalue weighted by Crippen LogP contribution is 2.59. The summed E-state index contributed by atoms with van der Waals surface area (Å²) < 4.78 is 5.61. The second-order valence-electron chi connectivity index (χ2n) is 8.57. The third-order valence-electron chi connectivity index (χ3n) is 6.67. The molecule has 0 aromatic carbocycles. The number of fused-ring (bicyclic) bond motifs is 1. The predicted molar refractivity (Wildman–Crippen MR) is 93.4 cm³/mol. The normalized spacial score (nSPS) is 40.4. The SMILES string of the molecule is CC=C(C)C(=O)OC1(C)CCC2(O)C(C(C)C)CCC2(C)CC1=O. The van der Waals surface area contributed by atoms with Crippen LogP contribution >= 0.6 is 0 Å². The zero-order valence-electron chi connectivity index (χ0n) is 15.9. The molecule has 2 saturated carbocycles. The van der Waals surface area contributed by atoms with Gasteiger partial charge in [-0.3, -0.25) is 4.79 Å². The van der Waals surface area contributed by atoms with Crippen molar-refractivity contribution in [2.75, 3.05) is 0 Å². The van der Waals surface area contributed by atoms with Gasteiger partial charge in [-0.05, 0) is 58.3 Å². The van der Waals surface area contributed by atoms with Crippen molar-refractivity contribution in [3.05, 3.63) is 11.6 Å². The van der Waals surface area contributed by atoms with Crippen LogP contribution in [-0.2, 0) is 14.3 Å². The second-order valence-corrected chi connectivity index (χ2v) is 8.57. The molecule has 0 bridgehead atoms. The third-order valence-corrected chi connectivity index (χ3v) is 6.67. The van der Waals surface area contributed by atoms with Crippen molar-refractivity contribution in [2.24, 2.45) is 17.3 Å². The van der Waals surface area contributed by atoms with Crippen LogP contribution in [0.1, 0.15) is 73.6 Å². The Kier molecular flexibility index (Phi) is 5.02. The Morgan fingerprint density at radius 3 is 2.46 bits per heavy atom. The summed E-state index contributed by atoms with van der Waals surface area (Å²) in [6.45, 7) is 11.5. The van der Waals surface area contributed by atoms with Gasteiger partial charge in [-0.2, -0.15) is 0 Å². The van der Waals surface area contributed by atoms with E-state index < -0.39 is 22.6 Å². The van der Waals surface area contributed by atoms with Crippen molar-refractivity contribution in [1.29, 1.82) is 0 Å². The fourth-order valence-electron chi connectivity index (χ4n) is 4.61. The summed E-state index contributed by atoms with van der Waals surface area (Å²) in [6.07, 6.45) is 4.62. The molecule has 0 aromatic rings. The van der Waals surface area contributed by atoms with Crippen molar-refractivity contribution in [1.82, 2.24) is 0 Å². The van der Waals surface area contributed by atoms with Crippen LogP contribution in [0.5, 0.6) is 0 Å². The summed E-state index contributed by atoms with van der Waals surface area (Å²) in [5.74, 6) is 0.0373. The Bertz CT molecular complexity index is 564. The molecule has 0 aliphatic heterocycles. The van der Waals surface area contributed by atoms with Gasteiger partial charge >= 0.3 is 5.97 Å². The molecular formula is C20H32O4. The number of Topliss-reactive ketones (excluding diaryl/α,β-unsaturated/α-hetero) is 1. The minimum absolute atomic E-state index is 0.0671. The minimum Gasteiger partial charge on any atom is -0.448 e. The summed E-state index contributed by atoms with van der Waals surface area (Å²) >= 11 is 0. The molecule has 2 rings (SSSR count). The van der Waals surface area contributed by atoms with E-state index in [1.165, 1.54) is 0 Å². The first kappa shape index (κ1) is 19.2. The van der Waals surface area contributed by atoms with Crippen LogP contribution in [0.4, 0.5) is 0 Å². The van der Waals surface area contributed by atoms with Gasteiger partial charge in [-0.1, -0.05) is 26.8 Å². The van der Waals surface area contributed by atoms with Crippen LogP contribution in [0.25, 0.3) is 0 Å². The number of aliphatic hydroxyl groups is 1. The first-order valence-corrected chi connectivity index (χ1v) is 9.11. The molecule has 4 atom stereocenters. The minimum atomic E-state index is -1.15. The molecule has 2 aliphatic rings. The predicted octanol–water partition coefficient (Wildman–Crippen LogP) is 3.81. The lowest BCUT2D eigenvalue weighted by atomic mass is 9.67. The Balaban J connectivity index is 2.31. The highest BCUT2D eigenvalue weighted by molar-refractivity contribution is 5.94. The van der Waals surface area contributed by atoms with Gasteiger partial charge in [0.15, 0.2) is 11.4 Å². The van der Waals surface area contributed by atoms with Gasteiger partial charge in [0.25, 0.3) is 0 Å². The molecule has 24 heavy (non-hydrogen) atoms. The van der Waals surface area contributed by atoms with Crippen molar-refractivity contribution < 1.29 is 19.4 Å². The number of carbonyl (C=O) groups is 2. The van der Waals surface area contributed by atoms with Crippen LogP contribution in [-0.4, -0.2) is 28.1 Å². The summed E-state index contributed by atoms with van der Waals surface area (Å²) in [6, 6.07) is 0. The van der Waals surface area contributed by atoms with E-state index >= 15 is 0 Å². The fraction of sp³-hybridized carbons (Fsp3) is 0.800. The number of allylic oxidation sites excluding steroid dienone is 1. The third kappa shape index (κ3) is 2.94. The number of hydrogen-bond donors (Lipinski definition) is 1. The van der Waals surface area contributed by atoms with Gasteiger partial charge < -0.3 is 9.84 Å². The van der Waals surface area contributed by atoms with Crippen molar-refractivity contribution >= 4 is 11.8 Å². The first-order chi connectivity index (χ1) is 11.0. The standard InChI is InChI=1S/C20H32O4/c1-7-14(4)17(22)24-19(6)10-11-20(23)15(13(2)3)8-9-18(20,5)12-16(19)21/h7,13,15,23H,8-12H2,1-6H3. The van der Waals surface area contributed by atoms with E-state index in [2.05, 4.69) is 13.8 Å². The van der Waals surface area contributed by atoms with Gasteiger partial charge in [0, 0.05) is 17.4 Å². The quantitative estimate of drug-likeness (QED) is 0.629. The molecule has 136 valence electrons. The van der Waals surface area contributed by atoms with Crippen LogP contribution in [0, 0.1) is 17.3 Å². The fourth-order valence-corrected chi connectivity index (χ4v) is 4.61. The molecule has 0 amide bonds. The molecule has 2 aliphatic carbocycles. The van der Waals surface area contributed by atoms with E-state index in [-0.39, 0.29) is 18.1 Å². The van der Waals surface area contributed by atoms with Crippen molar-refractivity contribution in [2.45, 2.75) is 84.8 Å². The summed E-state index contributed by atoms with van der Waals surface area (Å²) in [4.78, 5) is 25.1. The largest absolute Gasteiger partial charge is 0.448 e. The molecule has 2 fully saturated rings. The lowest BCUT2D eigenvalue weighted by molar-refractivity contribution is -0.163. The molecule has 4 heteroatoms. The number of rotatable bonds is 3. The van der Waals surface area contributed by atoms with E-state index in [1.807, 2.05) is 6.92 Å². The molecular weight excluding hydrogens is 304 g/mol. The molecule has 0 aromatic heterocycles. The maximum atomic E-state index is 12.9. The molecule has 0 radical (unpaired) electrons. The van der Waals surface area contributed by atoms with E-state index in [9.17, 15) is 14.7 Å². The van der Waals surface area contributed by atoms with Crippen molar-refractivity contribution in [3.63, 3.8) is 0 Å². The number of esters is 1. The van der Waals surface area contributed by atoms with Gasteiger partial charge in [0.2, 0.25) is 0 Å². The highest BCUT2D eigenvalue weighted by Gasteiger charge is 2.61. The number of carbonyl (C=O) groups excluding carboxylic acids is 2. The average molecular weight is 336 g/mol. The van der Waals surface area contributed by atoms with Gasteiger partial charge in [0.05, 0.1) is 5.60 Å². The lowest BCUT2D eigenvalue weighted by Gasteiger charge is -2.43. The summed E-state index contributed by atoms with van der Waals surface area (Å²) in [7, 11) is 0. The van der Waals surface area contributed by atoms with E-state index in [0.717, 1.165) is 12.8 Å². The Labute approximate surface area is 145 Å². The average Bonchev–Trinajstić information content (AvgIpc) is 2.72. The molecule has 1 N–H and O–H groups in total. The van der Waals surface area contributed by atoms with Crippen LogP contribution in [0.3, 0.4) is 0 Å². The monoisotopic (exact) mass is 336 g/mol. The van der Waals surface area contributed by atoms with E-state index in [4.69, 9.17) is 4.74 Å². The number of hydrogen-bond acceptors (Lipinski definition) is 4. The molecule has 0 heterocycles. The zero-order valence-corrected chi connectivity index (χ0v) is 15.9. The van der Waals surface area contributed by atoms with Gasteiger partial charge in [-0.25, -0.2) is 4.79 Å². The van der Waals surface area contributed by atoms with Crippen LogP contribution < -0.4 is 0 Å². The maximum Gasteiger partial charge on any atom is 0.334 e. The summed E-state index contributed by atoms with van der Waals surface area (Å²) in [5.41, 5.74) is -1.94. The number of ketones is 1. The highest BCUT2D eigenvalue weighted by atomic mass is 16.6. The smallest absolute Gasteiger partial charge is 0.334 e. The van der Waals surface area contributed by atoms with Gasteiger partial charge in [-0.15, -0.1) is 0 Å². The van der Waals surface area contributed by atoms with E-state index in [1.54, 1.807) is 26.8 Å². The lowest BCUT2D eigenvalue weighted by Crippen LogP contribution is -2.47. The first-order valence-electron chi connectivity index (χ1n) is 9.11. The second kappa shape index (κ2) is 6.29. The van der Waals surface area contributed by atoms with Crippen molar-refractivity contribution in [3.8, 4) is 0 Å². The van der Waals surface area contributed by atoms with Crippen LogP contribution in [0.2, 0.25) is 0 Å². The topological polar surface area (TPSA) is 63.6 Å². The Hall–Kier alpha value is -1.16.